The van der Waals surface area contributed by atoms with Crippen molar-refractivity contribution in [2.75, 3.05) is 5.32 Å². The van der Waals surface area contributed by atoms with Gasteiger partial charge in [0.05, 0.1) is 18.4 Å². The quantitative estimate of drug-likeness (QED) is 0.732. The van der Waals surface area contributed by atoms with E-state index in [4.69, 9.17) is 0 Å². The zero-order valence-electron chi connectivity index (χ0n) is 10.3. The van der Waals surface area contributed by atoms with Gasteiger partial charge in [0.15, 0.2) is 0 Å². The second-order valence-electron chi connectivity index (χ2n) is 4.41. The Bertz CT molecular complexity index is 670. The first kappa shape index (κ1) is 10.8. The van der Waals surface area contributed by atoms with E-state index >= 15 is 0 Å². The summed E-state index contributed by atoms with van der Waals surface area (Å²) in [5, 5.41) is 5.91. The Balaban J connectivity index is 1.78. The maximum Gasteiger partial charge on any atom is 0.103 e. The lowest BCUT2D eigenvalue weighted by molar-refractivity contribution is 1.05. The summed E-state index contributed by atoms with van der Waals surface area (Å²) in [7, 11) is 0. The van der Waals surface area contributed by atoms with Gasteiger partial charge in [-0.3, -0.25) is 0 Å². The van der Waals surface area contributed by atoms with Crippen LogP contribution in [-0.2, 0) is 6.54 Å². The third-order valence-electron chi connectivity index (χ3n) is 2.99. The normalized spacial score (nSPS) is 10.7. The zero-order chi connectivity index (χ0) is 12.4. The van der Waals surface area contributed by atoms with Gasteiger partial charge in [-0.2, -0.15) is 0 Å². The third-order valence-corrected chi connectivity index (χ3v) is 2.99. The predicted molar refractivity (Wildman–Crippen MR) is 74.6 cm³/mol. The fraction of sp³-hybridized carbons (Fsp3) is 0.133. The first-order valence-electron chi connectivity index (χ1n) is 6.04. The molecule has 0 amide bonds. The van der Waals surface area contributed by atoms with E-state index in [2.05, 4.69) is 57.7 Å². The molecular weight excluding hydrogens is 222 g/mol. The highest BCUT2D eigenvalue weighted by atomic mass is 15.0. The molecule has 2 N–H and O–H groups in total. The molecule has 1 aromatic heterocycles. The van der Waals surface area contributed by atoms with Crippen LogP contribution in [0.5, 0.6) is 0 Å². The van der Waals surface area contributed by atoms with E-state index in [1.165, 1.54) is 10.8 Å². The van der Waals surface area contributed by atoms with E-state index in [0.717, 1.165) is 23.8 Å². The van der Waals surface area contributed by atoms with Crippen molar-refractivity contribution in [1.82, 2.24) is 9.97 Å². The van der Waals surface area contributed by atoms with Crippen molar-refractivity contribution >= 4 is 16.5 Å². The first-order valence-corrected chi connectivity index (χ1v) is 6.04. The van der Waals surface area contributed by atoms with Crippen LogP contribution >= 0.6 is 0 Å². The van der Waals surface area contributed by atoms with Gasteiger partial charge in [0.25, 0.3) is 0 Å². The molecule has 90 valence electrons. The van der Waals surface area contributed by atoms with Crippen LogP contribution in [0.4, 0.5) is 5.69 Å². The average Bonchev–Trinajstić information content (AvgIpc) is 2.82. The minimum absolute atomic E-state index is 0.763. The molecule has 3 rings (SSSR count). The minimum atomic E-state index is 0.763. The number of nitrogens with one attached hydrogen (secondary N) is 2. The monoisotopic (exact) mass is 237 g/mol. The van der Waals surface area contributed by atoms with E-state index in [-0.39, 0.29) is 0 Å². The lowest BCUT2D eigenvalue weighted by Crippen LogP contribution is -1.99. The molecule has 0 aliphatic carbocycles. The van der Waals surface area contributed by atoms with E-state index in [1.807, 2.05) is 13.1 Å². The van der Waals surface area contributed by atoms with Crippen LogP contribution in [-0.4, -0.2) is 9.97 Å². The maximum atomic E-state index is 4.18. The zero-order valence-corrected chi connectivity index (χ0v) is 10.3. The Hall–Kier alpha value is -2.29. The SMILES string of the molecule is Cc1ncc(CNc2ccc3ccccc3c2)[nH]1. The van der Waals surface area contributed by atoms with Gasteiger partial charge in [0, 0.05) is 5.69 Å². The fourth-order valence-electron chi connectivity index (χ4n) is 2.06. The van der Waals surface area contributed by atoms with Gasteiger partial charge >= 0.3 is 0 Å². The lowest BCUT2D eigenvalue weighted by Gasteiger charge is -2.06. The topological polar surface area (TPSA) is 40.7 Å². The number of fused-ring (bicyclic) bond motifs is 1. The van der Waals surface area contributed by atoms with Crippen LogP contribution < -0.4 is 5.32 Å². The van der Waals surface area contributed by atoms with E-state index in [9.17, 15) is 0 Å². The number of hydrogen-bond acceptors (Lipinski definition) is 2. The largest absolute Gasteiger partial charge is 0.379 e. The molecule has 0 saturated heterocycles. The standard InChI is InChI=1S/C15H15N3/c1-11-16-9-15(18-11)10-17-14-7-6-12-4-2-3-5-13(12)8-14/h2-9,17H,10H2,1H3,(H,16,18). The highest BCUT2D eigenvalue weighted by Gasteiger charge is 1.98. The molecule has 0 spiro atoms. The molecule has 3 nitrogen and oxygen atoms in total. The molecule has 3 heteroatoms. The summed E-state index contributed by atoms with van der Waals surface area (Å²) in [6, 6.07) is 14.8. The van der Waals surface area contributed by atoms with Crippen molar-refractivity contribution in [3.8, 4) is 0 Å². The summed E-state index contributed by atoms with van der Waals surface area (Å²) in [6.45, 7) is 2.72. The summed E-state index contributed by atoms with van der Waals surface area (Å²) < 4.78 is 0. The molecule has 0 aliphatic rings. The molecule has 0 bridgehead atoms. The molecule has 0 radical (unpaired) electrons. The molecule has 0 fully saturated rings. The Morgan fingerprint density at radius 1 is 1.11 bits per heavy atom. The summed E-state index contributed by atoms with van der Waals surface area (Å²) in [5.74, 6) is 0.949. The van der Waals surface area contributed by atoms with Crippen LogP contribution in [0.15, 0.2) is 48.7 Å². The van der Waals surface area contributed by atoms with Gasteiger partial charge in [0.2, 0.25) is 0 Å². The number of anilines is 1. The fourth-order valence-corrected chi connectivity index (χ4v) is 2.06. The van der Waals surface area contributed by atoms with Crippen LogP contribution in [0.3, 0.4) is 0 Å². The van der Waals surface area contributed by atoms with E-state index in [0.29, 0.717) is 0 Å². The highest BCUT2D eigenvalue weighted by Crippen LogP contribution is 2.19. The number of aromatic amines is 1. The van der Waals surface area contributed by atoms with Gasteiger partial charge in [-0.25, -0.2) is 4.98 Å². The number of H-pyrrole nitrogens is 1. The predicted octanol–water partition coefficient (Wildman–Crippen LogP) is 3.48. The number of benzene rings is 2. The first-order chi connectivity index (χ1) is 8.81. The van der Waals surface area contributed by atoms with Crippen LogP contribution in [0.2, 0.25) is 0 Å². The molecule has 0 aliphatic heterocycles. The number of aryl methyl sites for hydroxylation is 1. The Morgan fingerprint density at radius 2 is 1.94 bits per heavy atom. The van der Waals surface area contributed by atoms with Crippen LogP contribution in [0.25, 0.3) is 10.8 Å². The lowest BCUT2D eigenvalue weighted by atomic mass is 10.1. The van der Waals surface area contributed by atoms with Crippen molar-refractivity contribution in [3.05, 3.63) is 60.2 Å². The van der Waals surface area contributed by atoms with Crippen LogP contribution in [0, 0.1) is 6.92 Å². The molecule has 0 atom stereocenters. The van der Waals surface area contributed by atoms with Crippen molar-refractivity contribution in [1.29, 1.82) is 0 Å². The van der Waals surface area contributed by atoms with Gasteiger partial charge in [-0.05, 0) is 29.8 Å². The Morgan fingerprint density at radius 3 is 2.72 bits per heavy atom. The minimum Gasteiger partial charge on any atom is -0.379 e. The molecular formula is C15H15N3. The number of aromatic nitrogens is 2. The summed E-state index contributed by atoms with van der Waals surface area (Å²) in [6.07, 6.45) is 1.86. The summed E-state index contributed by atoms with van der Waals surface area (Å²) >= 11 is 0. The summed E-state index contributed by atoms with van der Waals surface area (Å²) in [4.78, 5) is 7.39. The van der Waals surface area contributed by atoms with Crippen molar-refractivity contribution < 1.29 is 0 Å². The van der Waals surface area contributed by atoms with Crippen molar-refractivity contribution in [2.24, 2.45) is 0 Å². The van der Waals surface area contributed by atoms with Gasteiger partial charge in [0.1, 0.15) is 5.82 Å². The van der Waals surface area contributed by atoms with E-state index in [1.54, 1.807) is 0 Å². The smallest absolute Gasteiger partial charge is 0.103 e. The van der Waals surface area contributed by atoms with Crippen molar-refractivity contribution in [3.63, 3.8) is 0 Å². The van der Waals surface area contributed by atoms with Crippen LogP contribution in [0.1, 0.15) is 11.5 Å². The average molecular weight is 237 g/mol. The molecule has 2 aromatic carbocycles. The number of nitrogens with zero attached hydrogens (tertiary/aromatic N) is 1. The number of imidazole rings is 1. The molecule has 0 unspecified atom stereocenters. The molecule has 18 heavy (non-hydrogen) atoms. The highest BCUT2D eigenvalue weighted by molar-refractivity contribution is 5.85. The maximum absolute atomic E-state index is 4.18. The van der Waals surface area contributed by atoms with Gasteiger partial charge in [-0.15, -0.1) is 0 Å². The van der Waals surface area contributed by atoms with E-state index < -0.39 is 0 Å². The van der Waals surface area contributed by atoms with Gasteiger partial charge < -0.3 is 10.3 Å². The number of rotatable bonds is 3. The Kier molecular flexibility index (Phi) is 2.73. The number of hydrogen-bond donors (Lipinski definition) is 2. The second-order valence-corrected chi connectivity index (χ2v) is 4.41. The molecule has 3 aromatic rings. The molecule has 0 saturated carbocycles. The Labute approximate surface area is 106 Å². The third kappa shape index (κ3) is 2.20. The molecule has 1 heterocycles. The van der Waals surface area contributed by atoms with Gasteiger partial charge in [-0.1, -0.05) is 30.3 Å². The second kappa shape index (κ2) is 4.53. The summed E-state index contributed by atoms with van der Waals surface area (Å²) in [5.41, 5.74) is 2.22. The van der Waals surface area contributed by atoms with Crippen molar-refractivity contribution in [2.45, 2.75) is 13.5 Å².